The summed E-state index contributed by atoms with van der Waals surface area (Å²) >= 11 is 0. The Morgan fingerprint density at radius 1 is 1.14 bits per heavy atom. The molecule has 0 aliphatic rings. The number of hydrogen-bond donors (Lipinski definition) is 0. The molecule has 0 heterocycles. The molecule has 0 aromatic carbocycles. The summed E-state index contributed by atoms with van der Waals surface area (Å²) < 4.78 is 0. The van der Waals surface area contributed by atoms with Crippen LogP contribution in [0.1, 0.15) is 13.3 Å². The third-order valence-electron chi connectivity index (χ3n) is 0.644. The van der Waals surface area contributed by atoms with Crippen LogP contribution >= 0.6 is 0 Å². The van der Waals surface area contributed by atoms with Crippen molar-refractivity contribution < 1.29 is 78.9 Å². The normalized spacial score (nSPS) is 7.21. The smallest absolute Gasteiger partial charge is 0.545 e. The molecule has 0 aliphatic carbocycles. The van der Waals surface area contributed by atoms with E-state index in [1.165, 1.54) is 0 Å². The number of carbonyl (C=O) groups is 2. The largest absolute Gasteiger partial charge is 1.00 e. The Morgan fingerprint density at radius 2 is 1.36 bits per heavy atom. The first-order chi connectivity index (χ1) is 5.54. The summed E-state index contributed by atoms with van der Waals surface area (Å²) in [6, 6.07) is 0. The van der Waals surface area contributed by atoms with Crippen LogP contribution in [0.2, 0.25) is 0 Å². The molecule has 0 saturated carbocycles. The van der Waals surface area contributed by atoms with E-state index in [-0.39, 0.29) is 59.1 Å². The van der Waals surface area contributed by atoms with E-state index in [4.69, 9.17) is 0 Å². The van der Waals surface area contributed by atoms with Crippen molar-refractivity contribution >= 4 is 11.9 Å². The van der Waals surface area contributed by atoms with E-state index in [9.17, 15) is 19.8 Å². The first kappa shape index (κ1) is 23.9. The fourth-order valence-corrected chi connectivity index (χ4v) is 0.136. The molecule has 0 saturated heterocycles. The van der Waals surface area contributed by atoms with Gasteiger partial charge in [0.25, 0.3) is 0 Å². The molecule has 68 valence electrons. The molecule has 0 radical (unpaired) electrons. The van der Waals surface area contributed by atoms with E-state index in [1.54, 1.807) is 0 Å². The molecule has 0 N–H and O–H groups in total. The Morgan fingerprint density at radius 3 is 1.43 bits per heavy atom. The summed E-state index contributed by atoms with van der Waals surface area (Å²) in [5.41, 5.74) is 0. The summed E-state index contributed by atoms with van der Waals surface area (Å²) in [7, 11) is 0. The monoisotopic (exact) mass is 216 g/mol. The minimum Gasteiger partial charge on any atom is -0.545 e. The number of rotatable bonds is 3. The van der Waals surface area contributed by atoms with Gasteiger partial charge in [0.15, 0.2) is 0 Å². The molecule has 0 rings (SSSR count). The van der Waals surface area contributed by atoms with Gasteiger partial charge in [-0.2, -0.15) is 0 Å². The Balaban J connectivity index is -0.0000000733. The third kappa shape index (κ3) is 39.3. The predicted octanol–water partition coefficient (Wildman–Crippen LogP) is -7.37. The van der Waals surface area contributed by atoms with E-state index in [2.05, 4.69) is 13.5 Å². The van der Waals surface area contributed by atoms with Crippen molar-refractivity contribution in [1.82, 2.24) is 0 Å². The molecule has 0 amide bonds. The van der Waals surface area contributed by atoms with Gasteiger partial charge in [-0.05, 0) is 18.6 Å². The Labute approximate surface area is 128 Å². The second-order valence-corrected chi connectivity index (χ2v) is 1.67. The van der Waals surface area contributed by atoms with Gasteiger partial charge in [0.1, 0.15) is 0 Å². The van der Waals surface area contributed by atoms with Crippen molar-refractivity contribution in [2.45, 2.75) is 13.3 Å². The van der Waals surface area contributed by atoms with E-state index < -0.39 is 11.9 Å². The average Bonchev–Trinajstić information content (AvgIpc) is 2.01. The molecule has 14 heavy (non-hydrogen) atoms. The van der Waals surface area contributed by atoms with Crippen LogP contribution in [0.25, 0.3) is 0 Å². The van der Waals surface area contributed by atoms with Gasteiger partial charge in [-0.3, -0.25) is 0 Å². The zero-order valence-electron chi connectivity index (χ0n) is 8.78. The quantitative estimate of drug-likeness (QED) is 0.266. The molecule has 4 nitrogen and oxygen atoms in total. The number of carboxylic acid groups (broad SMARTS) is 2. The van der Waals surface area contributed by atoms with E-state index in [0.717, 1.165) is 6.42 Å². The number of aliphatic carboxylic acids is 2. The van der Waals surface area contributed by atoms with Crippen molar-refractivity contribution in [1.29, 1.82) is 0 Å². The van der Waals surface area contributed by atoms with Gasteiger partial charge < -0.3 is 19.8 Å². The molecular formula is C8H10Na2O4. The third-order valence-corrected chi connectivity index (χ3v) is 0.644. The second-order valence-electron chi connectivity index (χ2n) is 1.67. The fourth-order valence-electron chi connectivity index (χ4n) is 0.136. The number of hydrogen-bond acceptors (Lipinski definition) is 4. The Bertz CT molecular complexity index is 174. The van der Waals surface area contributed by atoms with E-state index in [0.29, 0.717) is 12.2 Å². The van der Waals surface area contributed by atoms with Crippen molar-refractivity contribution in [3.05, 3.63) is 24.8 Å². The maximum Gasteiger partial charge on any atom is 1.00 e. The fraction of sp³-hybridized carbons (Fsp3) is 0.250. The summed E-state index contributed by atoms with van der Waals surface area (Å²) in [4.78, 5) is 18.8. The first-order valence-electron chi connectivity index (χ1n) is 3.25. The number of allylic oxidation sites excluding steroid dienone is 1. The van der Waals surface area contributed by atoms with Gasteiger partial charge in [0.2, 0.25) is 0 Å². The molecule has 0 aromatic rings. The van der Waals surface area contributed by atoms with Crippen LogP contribution in [0.3, 0.4) is 0 Å². The zero-order chi connectivity index (χ0) is 9.98. The Kier molecular flexibility index (Phi) is 32.6. The number of carbonyl (C=O) groups excluding carboxylic acids is 2. The predicted molar refractivity (Wildman–Crippen MR) is 39.6 cm³/mol. The summed E-state index contributed by atoms with van der Waals surface area (Å²) in [6.07, 6.45) is 3.73. The van der Waals surface area contributed by atoms with Crippen LogP contribution < -0.4 is 69.3 Å². The second kappa shape index (κ2) is 19.1. The van der Waals surface area contributed by atoms with Crippen LogP contribution in [0.15, 0.2) is 24.8 Å². The van der Waals surface area contributed by atoms with Crippen LogP contribution in [0, 0.1) is 0 Å². The van der Waals surface area contributed by atoms with Gasteiger partial charge >= 0.3 is 59.1 Å². The van der Waals surface area contributed by atoms with Gasteiger partial charge in [0.05, 0.1) is 11.9 Å². The summed E-state index contributed by atoms with van der Waals surface area (Å²) in [5, 5.41) is 18.8. The van der Waals surface area contributed by atoms with Gasteiger partial charge in [0, 0.05) is 0 Å². The van der Waals surface area contributed by atoms with Gasteiger partial charge in [-0.1, -0.05) is 13.0 Å². The van der Waals surface area contributed by atoms with Crippen LogP contribution in [-0.4, -0.2) is 11.9 Å². The van der Waals surface area contributed by atoms with Crippen molar-refractivity contribution in [3.8, 4) is 0 Å². The molecule has 0 aromatic heterocycles. The van der Waals surface area contributed by atoms with Crippen molar-refractivity contribution in [3.63, 3.8) is 0 Å². The standard InChI is InChI=1S/C4H4O4.C4H8.2Na/c5-3(6)1-2-4(7)8;1-3-4-2;;/h1-2H,(H,5,6)(H,7,8);3H,1,4H2,2H3;;/q;;2*+1/p-2/b2-1-;;;. The summed E-state index contributed by atoms with van der Waals surface area (Å²) in [5.74, 6) is -3.09. The van der Waals surface area contributed by atoms with Gasteiger partial charge in [-0.15, -0.1) is 6.58 Å². The van der Waals surface area contributed by atoms with Crippen molar-refractivity contribution in [2.75, 3.05) is 0 Å². The van der Waals surface area contributed by atoms with Crippen LogP contribution in [-0.2, 0) is 9.59 Å². The Hall–Kier alpha value is 0.420. The molecule has 0 unspecified atom stereocenters. The number of carboxylic acids is 2. The average molecular weight is 216 g/mol. The first-order valence-corrected chi connectivity index (χ1v) is 3.25. The van der Waals surface area contributed by atoms with Crippen LogP contribution in [0.5, 0.6) is 0 Å². The molecule has 0 fully saturated rings. The molecule has 0 spiro atoms. The maximum absolute atomic E-state index is 9.41. The molecule has 0 atom stereocenters. The van der Waals surface area contributed by atoms with Crippen LogP contribution in [0.4, 0.5) is 0 Å². The minimum absolute atomic E-state index is 0. The molecule has 0 aliphatic heterocycles. The minimum atomic E-state index is -1.55. The topological polar surface area (TPSA) is 80.3 Å². The molecule has 0 bridgehead atoms. The summed E-state index contributed by atoms with van der Waals surface area (Å²) in [6.45, 7) is 5.54. The maximum atomic E-state index is 9.41. The van der Waals surface area contributed by atoms with Gasteiger partial charge in [-0.25, -0.2) is 0 Å². The van der Waals surface area contributed by atoms with Crippen molar-refractivity contribution in [2.24, 2.45) is 0 Å². The van der Waals surface area contributed by atoms with E-state index >= 15 is 0 Å². The molecule has 6 heteroatoms. The molecular weight excluding hydrogens is 206 g/mol. The SMILES string of the molecule is C=CCC.O=C([O-])/C=C\C(=O)[O-].[Na+].[Na+]. The zero-order valence-corrected chi connectivity index (χ0v) is 12.8. The van der Waals surface area contributed by atoms with E-state index in [1.807, 2.05) is 6.08 Å².